The van der Waals surface area contributed by atoms with E-state index in [9.17, 15) is 0 Å². The number of fused-ring (bicyclic) bond motifs is 8. The molecule has 0 bridgehead atoms. The summed E-state index contributed by atoms with van der Waals surface area (Å²) in [5.41, 5.74) is 15.1. The standard InChI is InChI=1S/C56H35NO/c1-2-18-42(19-3-1)57-51-26-10-8-20-43(51)49-34-38(28-30-52(49)57)36-14-12-16-40(32-36)55-45-22-4-6-24-47(45)56(48-25-7-5-23-46(48)55)41-17-13-15-37(33-41)39-29-31-54-50(35-39)44-21-9-11-27-53(44)58-54/h1-35H. The van der Waals surface area contributed by atoms with Crippen molar-refractivity contribution in [1.29, 1.82) is 0 Å². The third-order valence-corrected chi connectivity index (χ3v) is 12.0. The van der Waals surface area contributed by atoms with Gasteiger partial charge in [-0.15, -0.1) is 0 Å². The monoisotopic (exact) mass is 737 g/mol. The molecule has 0 unspecified atom stereocenters. The van der Waals surface area contributed by atoms with E-state index in [1.807, 2.05) is 12.1 Å². The first-order valence-electron chi connectivity index (χ1n) is 19.9. The molecular weight excluding hydrogens is 703 g/mol. The molecule has 2 heterocycles. The highest BCUT2D eigenvalue weighted by atomic mass is 16.3. The lowest BCUT2D eigenvalue weighted by atomic mass is 9.85. The Balaban J connectivity index is 1.01. The number of para-hydroxylation sites is 3. The van der Waals surface area contributed by atoms with Gasteiger partial charge in [-0.25, -0.2) is 0 Å². The second kappa shape index (κ2) is 12.9. The van der Waals surface area contributed by atoms with Crippen molar-refractivity contribution in [2.75, 3.05) is 0 Å². The zero-order valence-corrected chi connectivity index (χ0v) is 31.6. The summed E-state index contributed by atoms with van der Waals surface area (Å²) >= 11 is 0. The largest absolute Gasteiger partial charge is 0.456 e. The number of rotatable bonds is 5. The van der Waals surface area contributed by atoms with E-state index in [4.69, 9.17) is 4.42 Å². The number of hydrogen-bond donors (Lipinski definition) is 0. The molecule has 2 nitrogen and oxygen atoms in total. The summed E-state index contributed by atoms with van der Waals surface area (Å²) < 4.78 is 8.54. The van der Waals surface area contributed by atoms with Crippen LogP contribution in [0.1, 0.15) is 0 Å². The first-order valence-corrected chi connectivity index (χ1v) is 19.9. The molecule has 0 aliphatic heterocycles. The van der Waals surface area contributed by atoms with Gasteiger partial charge in [0.05, 0.1) is 11.0 Å². The quantitative estimate of drug-likeness (QED) is 0.161. The molecule has 0 amide bonds. The summed E-state index contributed by atoms with van der Waals surface area (Å²) in [4.78, 5) is 0. The molecular formula is C56H35NO. The second-order valence-corrected chi connectivity index (χ2v) is 15.2. The Morgan fingerprint density at radius 2 is 0.707 bits per heavy atom. The molecule has 12 rings (SSSR count). The van der Waals surface area contributed by atoms with Crippen molar-refractivity contribution in [3.05, 3.63) is 212 Å². The fourth-order valence-corrected chi connectivity index (χ4v) is 9.37. The van der Waals surface area contributed by atoms with Gasteiger partial charge in [0.15, 0.2) is 0 Å². The van der Waals surface area contributed by atoms with Gasteiger partial charge in [0.2, 0.25) is 0 Å². The number of benzene rings is 10. The van der Waals surface area contributed by atoms with Crippen LogP contribution in [0.5, 0.6) is 0 Å². The number of hydrogen-bond acceptors (Lipinski definition) is 1. The van der Waals surface area contributed by atoms with Crippen LogP contribution in [-0.2, 0) is 0 Å². The summed E-state index contributed by atoms with van der Waals surface area (Å²) in [7, 11) is 0. The van der Waals surface area contributed by atoms with Gasteiger partial charge in [0, 0.05) is 27.2 Å². The lowest BCUT2D eigenvalue weighted by Crippen LogP contribution is -1.93. The number of furan rings is 1. The summed E-state index contributed by atoms with van der Waals surface area (Å²) in [6.45, 7) is 0. The molecule has 0 saturated heterocycles. The molecule has 10 aromatic carbocycles. The maximum Gasteiger partial charge on any atom is 0.135 e. The highest BCUT2D eigenvalue weighted by Crippen LogP contribution is 2.45. The highest BCUT2D eigenvalue weighted by molar-refractivity contribution is 6.22. The summed E-state index contributed by atoms with van der Waals surface area (Å²) in [5.74, 6) is 0. The zero-order valence-electron chi connectivity index (χ0n) is 31.6. The van der Waals surface area contributed by atoms with Crippen LogP contribution in [0.15, 0.2) is 217 Å². The summed E-state index contributed by atoms with van der Waals surface area (Å²) in [5, 5.41) is 9.76. The van der Waals surface area contributed by atoms with Crippen molar-refractivity contribution in [3.8, 4) is 50.2 Å². The predicted octanol–water partition coefficient (Wildman–Crippen LogP) is 15.7. The fraction of sp³-hybridized carbons (Fsp3) is 0. The summed E-state index contributed by atoms with van der Waals surface area (Å²) in [6.07, 6.45) is 0. The Bertz CT molecular complexity index is 3510. The Morgan fingerprint density at radius 1 is 0.259 bits per heavy atom. The molecule has 12 aromatic rings. The Kier molecular flexibility index (Phi) is 7.26. The van der Waals surface area contributed by atoms with E-state index in [0.29, 0.717) is 0 Å². The minimum atomic E-state index is 0.911. The molecule has 270 valence electrons. The molecule has 58 heavy (non-hydrogen) atoms. The van der Waals surface area contributed by atoms with E-state index < -0.39 is 0 Å². The van der Waals surface area contributed by atoms with Crippen LogP contribution in [0.25, 0.3) is 115 Å². The molecule has 0 radical (unpaired) electrons. The van der Waals surface area contributed by atoms with E-state index in [2.05, 4.69) is 205 Å². The average Bonchev–Trinajstić information content (AvgIpc) is 3.83. The minimum absolute atomic E-state index is 0.911. The minimum Gasteiger partial charge on any atom is -0.456 e. The van der Waals surface area contributed by atoms with Gasteiger partial charge in [0.25, 0.3) is 0 Å². The van der Waals surface area contributed by atoms with Crippen molar-refractivity contribution >= 4 is 65.3 Å². The van der Waals surface area contributed by atoms with Gasteiger partial charge in [-0.3, -0.25) is 0 Å². The van der Waals surface area contributed by atoms with Crippen molar-refractivity contribution in [2.24, 2.45) is 0 Å². The van der Waals surface area contributed by atoms with Gasteiger partial charge in [-0.05, 0) is 127 Å². The Morgan fingerprint density at radius 3 is 1.34 bits per heavy atom. The van der Waals surface area contributed by atoms with Crippen LogP contribution in [0.4, 0.5) is 0 Å². The van der Waals surface area contributed by atoms with Crippen molar-refractivity contribution in [2.45, 2.75) is 0 Å². The van der Waals surface area contributed by atoms with Crippen LogP contribution in [0.2, 0.25) is 0 Å². The maximum absolute atomic E-state index is 6.16. The molecule has 0 fully saturated rings. The molecule has 0 aliphatic carbocycles. The molecule has 0 N–H and O–H groups in total. The Hall–Kier alpha value is -7.68. The Labute approximate surface area is 335 Å². The van der Waals surface area contributed by atoms with Gasteiger partial charge < -0.3 is 8.98 Å². The molecule has 0 spiro atoms. The molecule has 0 atom stereocenters. The van der Waals surface area contributed by atoms with Crippen LogP contribution in [-0.4, -0.2) is 4.57 Å². The molecule has 2 heteroatoms. The van der Waals surface area contributed by atoms with E-state index in [1.54, 1.807) is 0 Å². The summed E-state index contributed by atoms with van der Waals surface area (Å²) in [6, 6.07) is 77.1. The van der Waals surface area contributed by atoms with Gasteiger partial charge in [0.1, 0.15) is 11.2 Å². The normalized spacial score (nSPS) is 11.8. The predicted molar refractivity (Wildman–Crippen MR) is 245 cm³/mol. The third kappa shape index (κ3) is 5.05. The molecule has 0 aliphatic rings. The highest BCUT2D eigenvalue weighted by Gasteiger charge is 2.19. The lowest BCUT2D eigenvalue weighted by Gasteiger charge is -2.18. The number of aromatic nitrogens is 1. The van der Waals surface area contributed by atoms with Gasteiger partial charge >= 0.3 is 0 Å². The fourth-order valence-electron chi connectivity index (χ4n) is 9.37. The van der Waals surface area contributed by atoms with E-state index in [0.717, 1.165) is 21.9 Å². The van der Waals surface area contributed by atoms with Crippen LogP contribution in [0, 0.1) is 0 Å². The first kappa shape index (κ1) is 32.6. The smallest absolute Gasteiger partial charge is 0.135 e. The molecule has 2 aromatic heterocycles. The lowest BCUT2D eigenvalue weighted by molar-refractivity contribution is 0.669. The van der Waals surface area contributed by atoms with E-state index >= 15 is 0 Å². The van der Waals surface area contributed by atoms with Gasteiger partial charge in [-0.1, -0.05) is 152 Å². The van der Waals surface area contributed by atoms with Crippen molar-refractivity contribution in [3.63, 3.8) is 0 Å². The third-order valence-electron chi connectivity index (χ3n) is 12.0. The van der Waals surface area contributed by atoms with Crippen molar-refractivity contribution in [1.82, 2.24) is 4.57 Å². The first-order chi connectivity index (χ1) is 28.8. The number of nitrogens with zero attached hydrogens (tertiary/aromatic N) is 1. The molecule has 0 saturated carbocycles. The van der Waals surface area contributed by atoms with E-state index in [1.165, 1.54) is 93.5 Å². The average molecular weight is 738 g/mol. The SMILES string of the molecule is c1ccc(-n2c3ccccc3c3cc(-c4cccc(-c5c6ccccc6c(-c6cccc(-c7ccc8oc9ccccc9c8c7)c6)c6ccccc56)c4)ccc32)cc1. The van der Waals surface area contributed by atoms with Crippen LogP contribution < -0.4 is 0 Å². The second-order valence-electron chi connectivity index (χ2n) is 15.2. The zero-order chi connectivity index (χ0) is 38.2. The van der Waals surface area contributed by atoms with Crippen LogP contribution in [0.3, 0.4) is 0 Å². The van der Waals surface area contributed by atoms with Crippen LogP contribution >= 0.6 is 0 Å². The topological polar surface area (TPSA) is 18.1 Å². The maximum atomic E-state index is 6.16. The van der Waals surface area contributed by atoms with E-state index in [-0.39, 0.29) is 0 Å². The van der Waals surface area contributed by atoms with Crippen molar-refractivity contribution < 1.29 is 4.42 Å². The van der Waals surface area contributed by atoms with Gasteiger partial charge in [-0.2, -0.15) is 0 Å².